The Balaban J connectivity index is 1.30. The van der Waals surface area contributed by atoms with E-state index in [0.717, 1.165) is 55.1 Å². The normalized spacial score (nSPS) is 15.6. The molecule has 8 heteroatoms. The topological polar surface area (TPSA) is 104 Å². The first-order valence-corrected chi connectivity index (χ1v) is 12.6. The van der Waals surface area contributed by atoms with E-state index < -0.39 is 0 Å². The zero-order valence-corrected chi connectivity index (χ0v) is 20.8. The van der Waals surface area contributed by atoms with Gasteiger partial charge in [-0.1, -0.05) is 13.0 Å². The van der Waals surface area contributed by atoms with Crippen molar-refractivity contribution in [1.82, 2.24) is 9.97 Å². The van der Waals surface area contributed by atoms with Crippen LogP contribution in [0.15, 0.2) is 48.5 Å². The molecule has 2 amide bonds. The van der Waals surface area contributed by atoms with Crippen molar-refractivity contribution in [2.75, 3.05) is 40.5 Å². The van der Waals surface area contributed by atoms with E-state index in [2.05, 4.69) is 22.1 Å². The lowest BCUT2D eigenvalue weighted by Gasteiger charge is -2.32. The largest absolute Gasteiger partial charge is 0.384 e. The second kappa shape index (κ2) is 9.97. The predicted molar refractivity (Wildman–Crippen MR) is 142 cm³/mol. The van der Waals surface area contributed by atoms with Gasteiger partial charge >= 0.3 is 0 Å². The number of piperidine rings is 1. The zero-order valence-electron chi connectivity index (χ0n) is 20.8. The Labute approximate surface area is 211 Å². The molecule has 0 radical (unpaired) electrons. The van der Waals surface area contributed by atoms with Crippen LogP contribution in [0.5, 0.6) is 0 Å². The predicted octanol–water partition coefficient (Wildman–Crippen LogP) is 3.99. The van der Waals surface area contributed by atoms with Gasteiger partial charge in [0.25, 0.3) is 5.91 Å². The van der Waals surface area contributed by atoms with Crippen molar-refractivity contribution in [2.45, 2.75) is 39.5 Å². The number of nitrogens with zero attached hydrogens (tertiary/aromatic N) is 4. The third-order valence-corrected chi connectivity index (χ3v) is 7.04. The molecule has 0 bridgehead atoms. The van der Waals surface area contributed by atoms with Crippen LogP contribution in [-0.4, -0.2) is 41.4 Å². The number of amides is 2. The highest BCUT2D eigenvalue weighted by Gasteiger charge is 2.26. The van der Waals surface area contributed by atoms with Gasteiger partial charge in [0.05, 0.1) is 17.7 Å². The molecule has 2 aliphatic heterocycles. The highest BCUT2D eigenvalue weighted by atomic mass is 16.2. The molecule has 1 saturated heterocycles. The molecule has 1 fully saturated rings. The summed E-state index contributed by atoms with van der Waals surface area (Å²) in [7, 11) is 0. The van der Waals surface area contributed by atoms with Gasteiger partial charge in [-0.2, -0.15) is 0 Å². The maximum atomic E-state index is 13.3. The fourth-order valence-electron chi connectivity index (χ4n) is 4.97. The van der Waals surface area contributed by atoms with E-state index in [-0.39, 0.29) is 18.2 Å². The number of fused-ring (bicyclic) bond motifs is 1. The highest BCUT2D eigenvalue weighted by molar-refractivity contribution is 6.08. The third-order valence-electron chi connectivity index (χ3n) is 7.04. The number of carbonyl (C=O) groups excluding carboxylic acids is 2. The number of hydrogen-bond donors (Lipinski definition) is 2. The van der Waals surface area contributed by atoms with Gasteiger partial charge < -0.3 is 20.9 Å². The molecule has 2 aromatic heterocycles. The smallest absolute Gasteiger partial charge is 0.259 e. The van der Waals surface area contributed by atoms with Gasteiger partial charge in [0.1, 0.15) is 11.6 Å². The van der Waals surface area contributed by atoms with Gasteiger partial charge in [0.2, 0.25) is 5.91 Å². The van der Waals surface area contributed by atoms with Crippen molar-refractivity contribution < 1.29 is 9.59 Å². The maximum Gasteiger partial charge on any atom is 0.259 e. The number of aryl methyl sites for hydroxylation is 1. The van der Waals surface area contributed by atoms with E-state index in [0.29, 0.717) is 35.2 Å². The quantitative estimate of drug-likeness (QED) is 0.568. The second-order valence-corrected chi connectivity index (χ2v) is 9.82. The summed E-state index contributed by atoms with van der Waals surface area (Å²) in [5.74, 6) is 1.67. The number of hydrogen-bond acceptors (Lipinski definition) is 6. The Morgan fingerprint density at radius 2 is 1.86 bits per heavy atom. The molecular formula is C28H32N6O2. The zero-order chi connectivity index (χ0) is 25.2. The minimum atomic E-state index is -0.172. The first-order chi connectivity index (χ1) is 17.4. The fraction of sp³-hybridized carbons (Fsp3) is 0.357. The van der Waals surface area contributed by atoms with Crippen LogP contribution < -0.4 is 20.9 Å². The number of benzene rings is 1. The molecule has 4 heterocycles. The number of anilines is 4. The Bertz CT molecular complexity index is 1300. The van der Waals surface area contributed by atoms with E-state index in [9.17, 15) is 9.59 Å². The molecule has 0 aliphatic carbocycles. The van der Waals surface area contributed by atoms with E-state index in [1.807, 2.05) is 43.3 Å². The molecule has 2 aliphatic rings. The number of nitrogens with one attached hydrogen (secondary N) is 1. The van der Waals surface area contributed by atoms with E-state index in [4.69, 9.17) is 10.7 Å². The van der Waals surface area contributed by atoms with Crippen LogP contribution in [0.2, 0.25) is 0 Å². The SMILES string of the molecule is Cc1ccc(C(=O)Nc2ccc3c(c2)CCN3C(=O)Cc2cccc(N)n2)c(N2CCC(C)CC2)n1. The molecule has 0 spiro atoms. The third kappa shape index (κ3) is 5.03. The van der Waals surface area contributed by atoms with Crippen LogP contribution in [0.1, 0.15) is 47.1 Å². The highest BCUT2D eigenvalue weighted by Crippen LogP contribution is 2.32. The van der Waals surface area contributed by atoms with Crippen LogP contribution >= 0.6 is 0 Å². The van der Waals surface area contributed by atoms with Gasteiger partial charge in [0, 0.05) is 36.7 Å². The molecule has 186 valence electrons. The molecule has 8 nitrogen and oxygen atoms in total. The van der Waals surface area contributed by atoms with Gasteiger partial charge in [-0.15, -0.1) is 0 Å². The summed E-state index contributed by atoms with van der Waals surface area (Å²) in [6, 6.07) is 14.8. The first kappa shape index (κ1) is 23.8. The standard InChI is InChI=1S/C28H32N6O2/c1-18-10-13-33(14-11-18)27-23(8-6-19(2)30-27)28(36)32-22-7-9-24-20(16-22)12-15-34(24)26(35)17-21-4-3-5-25(29)31-21/h3-9,16,18H,10-15,17H2,1-2H3,(H2,29,31)(H,32,36). The number of pyridine rings is 2. The molecule has 3 N–H and O–H groups in total. The maximum absolute atomic E-state index is 13.3. The second-order valence-electron chi connectivity index (χ2n) is 9.82. The lowest BCUT2D eigenvalue weighted by atomic mass is 9.99. The molecule has 36 heavy (non-hydrogen) atoms. The van der Waals surface area contributed by atoms with Gasteiger partial charge in [-0.3, -0.25) is 9.59 Å². The summed E-state index contributed by atoms with van der Waals surface area (Å²) < 4.78 is 0. The van der Waals surface area contributed by atoms with Gasteiger partial charge in [-0.25, -0.2) is 9.97 Å². The summed E-state index contributed by atoms with van der Waals surface area (Å²) in [4.78, 5) is 39.2. The van der Waals surface area contributed by atoms with Crippen LogP contribution in [-0.2, 0) is 17.6 Å². The fourth-order valence-corrected chi connectivity index (χ4v) is 4.97. The molecule has 1 aromatic carbocycles. The molecule has 0 unspecified atom stereocenters. The summed E-state index contributed by atoms with van der Waals surface area (Å²) in [6.07, 6.45) is 3.13. The van der Waals surface area contributed by atoms with E-state index >= 15 is 0 Å². The number of aromatic nitrogens is 2. The minimum Gasteiger partial charge on any atom is -0.384 e. The Hall–Kier alpha value is -3.94. The number of carbonyl (C=O) groups is 2. The average Bonchev–Trinajstić information content (AvgIpc) is 3.28. The summed E-state index contributed by atoms with van der Waals surface area (Å²) in [5.41, 5.74) is 10.5. The van der Waals surface area contributed by atoms with Crippen LogP contribution in [0.3, 0.4) is 0 Å². The Morgan fingerprint density at radius 3 is 2.64 bits per heavy atom. The lowest BCUT2D eigenvalue weighted by molar-refractivity contribution is -0.117. The van der Waals surface area contributed by atoms with E-state index in [1.165, 1.54) is 0 Å². The molecule has 3 aromatic rings. The minimum absolute atomic E-state index is 0.0187. The first-order valence-electron chi connectivity index (χ1n) is 12.6. The van der Waals surface area contributed by atoms with Crippen molar-refractivity contribution in [3.8, 4) is 0 Å². The molecular weight excluding hydrogens is 452 g/mol. The van der Waals surface area contributed by atoms with Gasteiger partial charge in [0.15, 0.2) is 0 Å². The van der Waals surface area contributed by atoms with Crippen molar-refractivity contribution >= 4 is 34.8 Å². The van der Waals surface area contributed by atoms with Crippen LogP contribution in [0.4, 0.5) is 23.0 Å². The number of nitrogen functional groups attached to an aromatic ring is 1. The summed E-state index contributed by atoms with van der Waals surface area (Å²) >= 11 is 0. The molecule has 5 rings (SSSR count). The summed E-state index contributed by atoms with van der Waals surface area (Å²) in [5, 5.41) is 3.05. The lowest BCUT2D eigenvalue weighted by Crippen LogP contribution is -2.35. The molecule has 0 saturated carbocycles. The van der Waals surface area contributed by atoms with Crippen molar-refractivity contribution in [2.24, 2.45) is 5.92 Å². The monoisotopic (exact) mass is 484 g/mol. The van der Waals surface area contributed by atoms with Gasteiger partial charge in [-0.05, 0) is 80.1 Å². The number of rotatable bonds is 5. The van der Waals surface area contributed by atoms with E-state index in [1.54, 1.807) is 17.0 Å². The van der Waals surface area contributed by atoms with Crippen LogP contribution in [0, 0.1) is 12.8 Å². The summed E-state index contributed by atoms with van der Waals surface area (Å²) in [6.45, 7) is 6.64. The average molecular weight is 485 g/mol. The Morgan fingerprint density at radius 1 is 1.06 bits per heavy atom. The van der Waals surface area contributed by atoms with Crippen LogP contribution in [0.25, 0.3) is 0 Å². The van der Waals surface area contributed by atoms with Crippen molar-refractivity contribution in [3.63, 3.8) is 0 Å². The molecule has 0 atom stereocenters. The number of nitrogens with two attached hydrogens (primary N) is 1. The van der Waals surface area contributed by atoms with Crippen molar-refractivity contribution in [1.29, 1.82) is 0 Å². The Kier molecular flexibility index (Phi) is 6.59. The van der Waals surface area contributed by atoms with Crippen molar-refractivity contribution in [3.05, 3.63) is 71.0 Å².